The third-order valence-corrected chi connectivity index (χ3v) is 5.11. The quantitative estimate of drug-likeness (QED) is 0.893. The van der Waals surface area contributed by atoms with Crippen molar-refractivity contribution in [2.75, 3.05) is 19.6 Å². The molecule has 3 rings (SSSR count). The van der Waals surface area contributed by atoms with Crippen LogP contribution in [0.5, 0.6) is 0 Å². The van der Waals surface area contributed by atoms with Crippen LogP contribution in [0, 0.1) is 0 Å². The van der Waals surface area contributed by atoms with Crippen LogP contribution in [-0.2, 0) is 13.6 Å². The molecule has 0 aromatic carbocycles. The number of imidazole rings is 1. The van der Waals surface area contributed by atoms with Crippen LogP contribution in [0.1, 0.15) is 16.7 Å². The molecule has 1 unspecified atom stereocenters. The maximum Gasteiger partial charge on any atom is 0.127 e. The van der Waals surface area contributed by atoms with Gasteiger partial charge in [-0.3, -0.25) is 4.90 Å². The first-order valence-corrected chi connectivity index (χ1v) is 8.01. The highest BCUT2D eigenvalue weighted by atomic mass is 79.9. The van der Waals surface area contributed by atoms with Crippen LogP contribution in [0.3, 0.4) is 0 Å². The lowest BCUT2D eigenvalue weighted by Crippen LogP contribution is -2.46. The lowest BCUT2D eigenvalue weighted by molar-refractivity contribution is 0.146. The average molecular weight is 378 g/mol. The highest BCUT2D eigenvalue weighted by molar-refractivity contribution is 9.11. The van der Waals surface area contributed by atoms with Gasteiger partial charge in [-0.2, -0.15) is 0 Å². The molecular formula is C13H18BrClN4S. The fraction of sp³-hybridized carbons (Fsp3) is 0.462. The number of nitrogens with one attached hydrogen (secondary N) is 1. The Kier molecular flexibility index (Phi) is 5.63. The number of nitrogens with zero attached hydrogens (tertiary/aromatic N) is 3. The van der Waals surface area contributed by atoms with Crippen molar-refractivity contribution >= 4 is 39.7 Å². The molecule has 7 heteroatoms. The van der Waals surface area contributed by atoms with Crippen molar-refractivity contribution in [1.29, 1.82) is 0 Å². The van der Waals surface area contributed by atoms with E-state index < -0.39 is 0 Å². The number of hydrogen-bond acceptors (Lipinski definition) is 4. The van der Waals surface area contributed by atoms with Crippen molar-refractivity contribution in [2.45, 2.75) is 12.6 Å². The Morgan fingerprint density at radius 1 is 1.50 bits per heavy atom. The van der Waals surface area contributed by atoms with Gasteiger partial charge in [0, 0.05) is 50.5 Å². The van der Waals surface area contributed by atoms with E-state index in [0.717, 1.165) is 32.0 Å². The summed E-state index contributed by atoms with van der Waals surface area (Å²) < 4.78 is 3.32. The van der Waals surface area contributed by atoms with Crippen molar-refractivity contribution in [2.24, 2.45) is 7.05 Å². The molecule has 2 aromatic rings. The first kappa shape index (κ1) is 16.0. The summed E-state index contributed by atoms with van der Waals surface area (Å²) in [6, 6.07) is 4.68. The Morgan fingerprint density at radius 3 is 3.00 bits per heavy atom. The van der Waals surface area contributed by atoms with Gasteiger partial charge in [-0.05, 0) is 28.1 Å². The van der Waals surface area contributed by atoms with Crippen molar-refractivity contribution in [3.05, 3.63) is 39.0 Å². The number of hydrogen-bond donors (Lipinski definition) is 1. The SMILES string of the molecule is Cl.Cn1ccnc1C1CNCCN1Cc1ccc(Br)s1. The number of rotatable bonds is 3. The predicted octanol–water partition coefficient (Wildman–Crippen LogP) is 2.81. The van der Waals surface area contributed by atoms with Crippen molar-refractivity contribution in [1.82, 2.24) is 19.8 Å². The molecule has 1 N–H and O–H groups in total. The van der Waals surface area contributed by atoms with Gasteiger partial charge in [-0.15, -0.1) is 23.7 Å². The molecule has 1 aliphatic heterocycles. The minimum Gasteiger partial charge on any atom is -0.337 e. The van der Waals surface area contributed by atoms with E-state index in [9.17, 15) is 0 Å². The summed E-state index contributed by atoms with van der Waals surface area (Å²) in [5.74, 6) is 1.14. The van der Waals surface area contributed by atoms with Gasteiger partial charge in [0.25, 0.3) is 0 Å². The largest absolute Gasteiger partial charge is 0.337 e. The van der Waals surface area contributed by atoms with Gasteiger partial charge in [0.2, 0.25) is 0 Å². The fourth-order valence-electron chi connectivity index (χ4n) is 2.53. The van der Waals surface area contributed by atoms with Gasteiger partial charge in [-0.25, -0.2) is 4.98 Å². The van der Waals surface area contributed by atoms with E-state index in [1.165, 1.54) is 8.66 Å². The molecule has 1 atom stereocenters. The van der Waals surface area contributed by atoms with Crippen LogP contribution in [0.15, 0.2) is 28.3 Å². The number of aryl methyl sites for hydroxylation is 1. The Bertz CT molecular complexity index is 556. The van der Waals surface area contributed by atoms with Crippen LogP contribution in [0.25, 0.3) is 0 Å². The Balaban J connectivity index is 0.00000147. The van der Waals surface area contributed by atoms with Gasteiger partial charge in [-0.1, -0.05) is 0 Å². The molecule has 1 fully saturated rings. The highest BCUT2D eigenvalue weighted by Gasteiger charge is 2.26. The topological polar surface area (TPSA) is 33.1 Å². The maximum atomic E-state index is 4.51. The number of piperazine rings is 1. The van der Waals surface area contributed by atoms with Gasteiger partial charge in [0.1, 0.15) is 5.82 Å². The smallest absolute Gasteiger partial charge is 0.127 e. The highest BCUT2D eigenvalue weighted by Crippen LogP contribution is 2.27. The summed E-state index contributed by atoms with van der Waals surface area (Å²) in [6.45, 7) is 4.08. The third-order valence-electron chi connectivity index (χ3n) is 3.50. The summed E-state index contributed by atoms with van der Waals surface area (Å²) in [5.41, 5.74) is 0. The summed E-state index contributed by atoms with van der Waals surface area (Å²) in [7, 11) is 2.07. The second kappa shape index (κ2) is 7.04. The first-order valence-electron chi connectivity index (χ1n) is 6.40. The molecule has 1 aliphatic rings. The van der Waals surface area contributed by atoms with Crippen LogP contribution in [0.4, 0.5) is 0 Å². The number of halogens is 2. The molecule has 0 bridgehead atoms. The zero-order valence-electron chi connectivity index (χ0n) is 11.3. The van der Waals surface area contributed by atoms with E-state index in [-0.39, 0.29) is 12.4 Å². The second-order valence-corrected chi connectivity index (χ2v) is 7.34. The minimum absolute atomic E-state index is 0. The lowest BCUT2D eigenvalue weighted by atomic mass is 10.1. The van der Waals surface area contributed by atoms with E-state index in [2.05, 4.69) is 54.9 Å². The van der Waals surface area contributed by atoms with Crippen LogP contribution < -0.4 is 5.32 Å². The molecule has 20 heavy (non-hydrogen) atoms. The van der Waals surface area contributed by atoms with E-state index in [1.807, 2.05) is 23.7 Å². The molecule has 4 nitrogen and oxygen atoms in total. The lowest BCUT2D eigenvalue weighted by Gasteiger charge is -2.35. The molecule has 0 amide bonds. The molecule has 1 saturated heterocycles. The monoisotopic (exact) mass is 376 g/mol. The molecule has 110 valence electrons. The molecule has 0 spiro atoms. The zero-order valence-corrected chi connectivity index (χ0v) is 14.5. The Hall–Kier alpha value is -0.400. The predicted molar refractivity (Wildman–Crippen MR) is 88.5 cm³/mol. The molecular weight excluding hydrogens is 360 g/mol. The summed E-state index contributed by atoms with van der Waals surface area (Å²) in [6.07, 6.45) is 3.90. The summed E-state index contributed by atoms with van der Waals surface area (Å²) in [5, 5.41) is 3.47. The van der Waals surface area contributed by atoms with Gasteiger partial charge in [0.15, 0.2) is 0 Å². The molecule has 2 aromatic heterocycles. The van der Waals surface area contributed by atoms with Crippen molar-refractivity contribution in [3.63, 3.8) is 0 Å². The molecule has 0 aliphatic carbocycles. The second-order valence-electron chi connectivity index (χ2n) is 4.79. The summed E-state index contributed by atoms with van der Waals surface area (Å²) >= 11 is 5.35. The maximum absolute atomic E-state index is 4.51. The van der Waals surface area contributed by atoms with Crippen LogP contribution in [-0.4, -0.2) is 34.1 Å². The zero-order chi connectivity index (χ0) is 13.2. The first-order chi connectivity index (χ1) is 9.24. The molecule has 0 saturated carbocycles. The number of aromatic nitrogens is 2. The Morgan fingerprint density at radius 2 is 2.35 bits per heavy atom. The van der Waals surface area contributed by atoms with Crippen molar-refractivity contribution in [3.8, 4) is 0 Å². The van der Waals surface area contributed by atoms with E-state index in [0.29, 0.717) is 6.04 Å². The minimum atomic E-state index is 0. The van der Waals surface area contributed by atoms with Crippen LogP contribution in [0.2, 0.25) is 0 Å². The average Bonchev–Trinajstić information content (AvgIpc) is 2.99. The third kappa shape index (κ3) is 3.43. The van der Waals surface area contributed by atoms with Gasteiger partial charge < -0.3 is 9.88 Å². The van der Waals surface area contributed by atoms with Crippen LogP contribution >= 0.6 is 39.7 Å². The molecule has 0 radical (unpaired) electrons. The standard InChI is InChI=1S/C13H17BrN4S.ClH/c1-17-6-5-16-13(17)11-8-15-4-7-18(11)9-10-2-3-12(14)19-10;/h2-3,5-6,11,15H,4,7-9H2,1H3;1H. The van der Waals surface area contributed by atoms with Gasteiger partial charge in [0.05, 0.1) is 9.83 Å². The normalized spacial score (nSPS) is 19.8. The molecule has 3 heterocycles. The van der Waals surface area contributed by atoms with Gasteiger partial charge >= 0.3 is 0 Å². The fourth-order valence-corrected chi connectivity index (χ4v) is 4.03. The summed E-state index contributed by atoms with van der Waals surface area (Å²) in [4.78, 5) is 8.42. The van der Waals surface area contributed by atoms with Crippen molar-refractivity contribution < 1.29 is 0 Å². The van der Waals surface area contributed by atoms with E-state index in [1.54, 1.807) is 0 Å². The van der Waals surface area contributed by atoms with E-state index >= 15 is 0 Å². The Labute approximate surface area is 137 Å². The number of thiophene rings is 1. The van der Waals surface area contributed by atoms with E-state index in [4.69, 9.17) is 0 Å².